The van der Waals surface area contributed by atoms with Crippen LogP contribution in [0.25, 0.3) is 11.4 Å². The molecule has 0 aliphatic heterocycles. The molecule has 0 amide bonds. The minimum absolute atomic E-state index is 0.369. The first-order valence-corrected chi connectivity index (χ1v) is 7.92. The Kier molecular flexibility index (Phi) is 6.42. The fourth-order valence-corrected chi connectivity index (χ4v) is 1.95. The van der Waals surface area contributed by atoms with Crippen LogP contribution in [-0.4, -0.2) is 35.1 Å². The third kappa shape index (κ3) is 4.62. The van der Waals surface area contributed by atoms with E-state index in [-0.39, 0.29) is 0 Å². The smallest absolute Gasteiger partial charge is 0.338 e. The highest BCUT2D eigenvalue weighted by Crippen LogP contribution is 2.18. The molecule has 126 valence electrons. The number of carbonyl (C=O) groups is 2. The highest BCUT2D eigenvalue weighted by atomic mass is 16.5. The first kappa shape index (κ1) is 17.6. The average molecular weight is 328 g/mol. The standard InChI is InChI=1S/C18H20N2O4/c1-3-9-23-17(21)13-5-7-19-15(11-13)16-12-14(6-8-20-16)18(22)24-10-4-2/h5-8,11-12H,3-4,9-10H2,1-2H3. The molecule has 0 aliphatic rings. The molecule has 0 spiro atoms. The number of carbonyl (C=O) groups excluding carboxylic acids is 2. The molecule has 0 radical (unpaired) electrons. The van der Waals surface area contributed by atoms with Gasteiger partial charge in [-0.25, -0.2) is 9.59 Å². The maximum absolute atomic E-state index is 11.9. The van der Waals surface area contributed by atoms with E-state index in [1.54, 1.807) is 24.3 Å². The SMILES string of the molecule is CCCOC(=O)c1ccnc(-c2cc(C(=O)OCCC)ccn2)c1. The lowest BCUT2D eigenvalue weighted by Crippen LogP contribution is -2.07. The van der Waals surface area contributed by atoms with Crippen LogP contribution in [-0.2, 0) is 9.47 Å². The van der Waals surface area contributed by atoms with Gasteiger partial charge in [-0.1, -0.05) is 13.8 Å². The lowest BCUT2D eigenvalue weighted by atomic mass is 10.1. The molecule has 0 atom stereocenters. The fraction of sp³-hybridized carbons (Fsp3) is 0.333. The Hall–Kier alpha value is -2.76. The number of esters is 2. The third-order valence-electron chi connectivity index (χ3n) is 3.13. The van der Waals surface area contributed by atoms with E-state index in [4.69, 9.17) is 9.47 Å². The van der Waals surface area contributed by atoms with Crippen LogP contribution in [0.4, 0.5) is 0 Å². The topological polar surface area (TPSA) is 78.4 Å². The molecular weight excluding hydrogens is 308 g/mol. The highest BCUT2D eigenvalue weighted by molar-refractivity contribution is 5.92. The van der Waals surface area contributed by atoms with E-state index in [1.807, 2.05) is 13.8 Å². The van der Waals surface area contributed by atoms with Crippen LogP contribution in [0.15, 0.2) is 36.7 Å². The number of aromatic nitrogens is 2. The van der Waals surface area contributed by atoms with Gasteiger partial charge in [0.15, 0.2) is 0 Å². The summed E-state index contributed by atoms with van der Waals surface area (Å²) in [5, 5.41) is 0. The molecule has 0 fully saturated rings. The van der Waals surface area contributed by atoms with Crippen LogP contribution in [0, 0.1) is 0 Å². The lowest BCUT2D eigenvalue weighted by Gasteiger charge is -2.07. The predicted molar refractivity (Wildman–Crippen MR) is 88.6 cm³/mol. The number of rotatable bonds is 7. The van der Waals surface area contributed by atoms with E-state index in [1.165, 1.54) is 12.4 Å². The zero-order valence-corrected chi connectivity index (χ0v) is 13.8. The summed E-state index contributed by atoms with van der Waals surface area (Å²) in [4.78, 5) is 32.3. The summed E-state index contributed by atoms with van der Waals surface area (Å²) < 4.78 is 10.2. The second-order valence-corrected chi connectivity index (χ2v) is 5.13. The molecule has 6 heteroatoms. The zero-order chi connectivity index (χ0) is 17.4. The Balaban J connectivity index is 2.22. The van der Waals surface area contributed by atoms with Crippen molar-refractivity contribution in [3.63, 3.8) is 0 Å². The van der Waals surface area contributed by atoms with Gasteiger partial charge in [0.2, 0.25) is 0 Å². The maximum atomic E-state index is 11.9. The van der Waals surface area contributed by atoms with Crippen molar-refractivity contribution in [1.29, 1.82) is 0 Å². The summed E-state index contributed by atoms with van der Waals surface area (Å²) in [6, 6.07) is 6.37. The summed E-state index contributed by atoms with van der Waals surface area (Å²) >= 11 is 0. The molecule has 2 aromatic heterocycles. The summed E-state index contributed by atoms with van der Waals surface area (Å²) in [6.07, 6.45) is 4.55. The van der Waals surface area contributed by atoms with Crippen LogP contribution >= 0.6 is 0 Å². The summed E-state index contributed by atoms with van der Waals surface area (Å²) in [5.41, 5.74) is 1.78. The van der Waals surface area contributed by atoms with Gasteiger partial charge in [-0.2, -0.15) is 0 Å². The van der Waals surface area contributed by atoms with Gasteiger partial charge < -0.3 is 9.47 Å². The number of nitrogens with zero attached hydrogens (tertiary/aromatic N) is 2. The molecule has 0 saturated carbocycles. The number of hydrogen-bond donors (Lipinski definition) is 0. The van der Waals surface area contributed by atoms with Gasteiger partial charge in [-0.3, -0.25) is 9.97 Å². The molecule has 2 aromatic rings. The molecule has 0 bridgehead atoms. The van der Waals surface area contributed by atoms with Crippen LogP contribution < -0.4 is 0 Å². The van der Waals surface area contributed by atoms with Crippen molar-refractivity contribution in [3.8, 4) is 11.4 Å². The molecule has 2 heterocycles. The summed E-state index contributed by atoms with van der Waals surface area (Å²) in [7, 11) is 0. The maximum Gasteiger partial charge on any atom is 0.338 e. The van der Waals surface area contributed by atoms with Gasteiger partial charge in [0.25, 0.3) is 0 Å². The van der Waals surface area contributed by atoms with Crippen molar-refractivity contribution in [2.24, 2.45) is 0 Å². The Morgan fingerprint density at radius 3 is 1.62 bits per heavy atom. The largest absolute Gasteiger partial charge is 0.462 e. The van der Waals surface area contributed by atoms with Crippen LogP contribution in [0.3, 0.4) is 0 Å². The van der Waals surface area contributed by atoms with Crippen LogP contribution in [0.2, 0.25) is 0 Å². The molecule has 0 unspecified atom stereocenters. The Labute approximate surface area is 140 Å². The zero-order valence-electron chi connectivity index (χ0n) is 13.8. The van der Waals surface area contributed by atoms with E-state index in [2.05, 4.69) is 9.97 Å². The number of pyridine rings is 2. The quantitative estimate of drug-likeness (QED) is 0.726. The molecule has 0 saturated heterocycles. The van der Waals surface area contributed by atoms with E-state index < -0.39 is 11.9 Å². The Bertz CT molecular complexity index is 654. The Morgan fingerprint density at radius 1 is 0.833 bits per heavy atom. The second-order valence-electron chi connectivity index (χ2n) is 5.13. The molecule has 0 aliphatic carbocycles. The summed E-state index contributed by atoms with van der Waals surface area (Å²) in [6.45, 7) is 4.59. The van der Waals surface area contributed by atoms with E-state index in [0.29, 0.717) is 35.7 Å². The first-order valence-electron chi connectivity index (χ1n) is 7.92. The van der Waals surface area contributed by atoms with Gasteiger partial charge in [-0.15, -0.1) is 0 Å². The number of hydrogen-bond acceptors (Lipinski definition) is 6. The van der Waals surface area contributed by atoms with Gasteiger partial charge in [0.05, 0.1) is 35.7 Å². The van der Waals surface area contributed by atoms with E-state index in [0.717, 1.165) is 12.8 Å². The predicted octanol–water partition coefficient (Wildman–Crippen LogP) is 3.28. The molecule has 6 nitrogen and oxygen atoms in total. The van der Waals surface area contributed by atoms with E-state index in [9.17, 15) is 9.59 Å². The molecule has 0 aromatic carbocycles. The summed E-state index contributed by atoms with van der Waals surface area (Å²) in [5.74, 6) is -0.807. The van der Waals surface area contributed by atoms with Crippen LogP contribution in [0.5, 0.6) is 0 Å². The average Bonchev–Trinajstić information content (AvgIpc) is 2.64. The lowest BCUT2D eigenvalue weighted by molar-refractivity contribution is 0.0495. The van der Waals surface area contributed by atoms with Gasteiger partial charge >= 0.3 is 11.9 Å². The Morgan fingerprint density at radius 2 is 1.25 bits per heavy atom. The normalized spacial score (nSPS) is 10.2. The highest BCUT2D eigenvalue weighted by Gasteiger charge is 2.12. The minimum Gasteiger partial charge on any atom is -0.462 e. The molecular formula is C18H20N2O4. The van der Waals surface area contributed by atoms with Gasteiger partial charge in [-0.05, 0) is 37.1 Å². The van der Waals surface area contributed by atoms with Gasteiger partial charge in [0.1, 0.15) is 0 Å². The first-order chi connectivity index (χ1) is 11.7. The van der Waals surface area contributed by atoms with Crippen molar-refractivity contribution < 1.29 is 19.1 Å². The third-order valence-corrected chi connectivity index (χ3v) is 3.13. The minimum atomic E-state index is -0.404. The van der Waals surface area contributed by atoms with Crippen molar-refractivity contribution in [1.82, 2.24) is 9.97 Å². The monoisotopic (exact) mass is 328 g/mol. The molecule has 0 N–H and O–H groups in total. The number of ether oxygens (including phenoxy) is 2. The van der Waals surface area contributed by atoms with Crippen molar-refractivity contribution in [2.45, 2.75) is 26.7 Å². The fourth-order valence-electron chi connectivity index (χ4n) is 1.95. The van der Waals surface area contributed by atoms with Crippen molar-refractivity contribution in [3.05, 3.63) is 47.8 Å². The molecule has 2 rings (SSSR count). The van der Waals surface area contributed by atoms with Crippen LogP contribution in [0.1, 0.15) is 47.4 Å². The van der Waals surface area contributed by atoms with Gasteiger partial charge in [0, 0.05) is 12.4 Å². The van der Waals surface area contributed by atoms with E-state index >= 15 is 0 Å². The van der Waals surface area contributed by atoms with Crippen molar-refractivity contribution >= 4 is 11.9 Å². The second kappa shape index (κ2) is 8.76. The molecule has 24 heavy (non-hydrogen) atoms. The van der Waals surface area contributed by atoms with Crippen molar-refractivity contribution in [2.75, 3.05) is 13.2 Å².